The van der Waals surface area contributed by atoms with Crippen molar-refractivity contribution in [1.82, 2.24) is 0 Å². The topological polar surface area (TPSA) is 18.5 Å². The summed E-state index contributed by atoms with van der Waals surface area (Å²) >= 11 is 0. The minimum atomic E-state index is -0.315. The van der Waals surface area contributed by atoms with Crippen LogP contribution >= 0.6 is 7.92 Å². The smallest absolute Gasteiger partial charge is 0.118 e. The van der Waals surface area contributed by atoms with Gasteiger partial charge in [-0.2, -0.15) is 0 Å². The van der Waals surface area contributed by atoms with Crippen molar-refractivity contribution in [2.75, 3.05) is 14.2 Å². The Bertz CT molecular complexity index is 553. The van der Waals surface area contributed by atoms with Crippen LogP contribution in [0.5, 0.6) is 11.5 Å². The van der Waals surface area contributed by atoms with Gasteiger partial charge in [0, 0.05) is 0 Å². The summed E-state index contributed by atoms with van der Waals surface area (Å²) in [6, 6.07) is 17.4. The summed E-state index contributed by atoms with van der Waals surface area (Å²) < 4.78 is 10.6. The number of benzene rings is 2. The van der Waals surface area contributed by atoms with E-state index in [-0.39, 0.29) is 7.92 Å². The SMILES string of the molecule is COc1ccc(P(c2ccc(OC)cc2)C2CCCCC2)cc1. The van der Waals surface area contributed by atoms with E-state index in [9.17, 15) is 0 Å². The van der Waals surface area contributed by atoms with Crippen LogP contribution in [0.2, 0.25) is 0 Å². The first-order valence-corrected chi connectivity index (χ1v) is 9.80. The van der Waals surface area contributed by atoms with Gasteiger partial charge in [-0.15, -0.1) is 0 Å². The molecule has 0 saturated heterocycles. The van der Waals surface area contributed by atoms with Crippen molar-refractivity contribution in [1.29, 1.82) is 0 Å². The van der Waals surface area contributed by atoms with Gasteiger partial charge < -0.3 is 9.47 Å². The molecular formula is C20H25O2P. The van der Waals surface area contributed by atoms with Crippen LogP contribution in [0.15, 0.2) is 48.5 Å². The summed E-state index contributed by atoms with van der Waals surface area (Å²) in [5, 5.41) is 2.91. The van der Waals surface area contributed by atoms with E-state index >= 15 is 0 Å². The first-order chi connectivity index (χ1) is 11.3. The maximum Gasteiger partial charge on any atom is 0.118 e. The van der Waals surface area contributed by atoms with Crippen LogP contribution in [0.25, 0.3) is 0 Å². The Kier molecular flexibility index (Phi) is 5.56. The van der Waals surface area contributed by atoms with E-state index in [2.05, 4.69) is 48.5 Å². The molecule has 0 aliphatic heterocycles. The average molecular weight is 328 g/mol. The van der Waals surface area contributed by atoms with E-state index in [1.165, 1.54) is 42.7 Å². The number of ether oxygens (including phenoxy) is 2. The van der Waals surface area contributed by atoms with E-state index in [0.717, 1.165) is 17.2 Å². The largest absolute Gasteiger partial charge is 0.497 e. The van der Waals surface area contributed by atoms with Crippen molar-refractivity contribution in [3.05, 3.63) is 48.5 Å². The normalized spacial score (nSPS) is 15.6. The van der Waals surface area contributed by atoms with Crippen LogP contribution in [-0.2, 0) is 0 Å². The maximum atomic E-state index is 5.32. The summed E-state index contributed by atoms with van der Waals surface area (Å²) in [5.41, 5.74) is 0.792. The molecule has 0 bridgehead atoms. The van der Waals surface area contributed by atoms with Gasteiger partial charge in [0.1, 0.15) is 11.5 Å². The average Bonchev–Trinajstić information content (AvgIpc) is 2.64. The van der Waals surface area contributed by atoms with Gasteiger partial charge >= 0.3 is 0 Å². The second-order valence-corrected chi connectivity index (χ2v) is 8.56. The molecule has 0 heterocycles. The molecule has 1 aliphatic rings. The molecule has 2 nitrogen and oxygen atoms in total. The van der Waals surface area contributed by atoms with Crippen molar-refractivity contribution in [2.45, 2.75) is 37.8 Å². The lowest BCUT2D eigenvalue weighted by molar-refractivity contribution is 0.415. The fraction of sp³-hybridized carbons (Fsp3) is 0.400. The quantitative estimate of drug-likeness (QED) is 0.754. The highest BCUT2D eigenvalue weighted by molar-refractivity contribution is 7.73. The summed E-state index contributed by atoms with van der Waals surface area (Å²) in [7, 11) is 3.13. The number of rotatable bonds is 5. The predicted molar refractivity (Wildman–Crippen MR) is 99.0 cm³/mol. The Hall–Kier alpha value is -1.53. The van der Waals surface area contributed by atoms with Crippen molar-refractivity contribution in [3.63, 3.8) is 0 Å². The lowest BCUT2D eigenvalue weighted by Crippen LogP contribution is -2.23. The molecule has 0 aromatic heterocycles. The third-order valence-corrected chi connectivity index (χ3v) is 7.60. The van der Waals surface area contributed by atoms with E-state index in [4.69, 9.17) is 9.47 Å². The van der Waals surface area contributed by atoms with Gasteiger partial charge in [0.2, 0.25) is 0 Å². The molecule has 0 radical (unpaired) electrons. The first kappa shape index (κ1) is 16.3. The Balaban J connectivity index is 1.93. The van der Waals surface area contributed by atoms with Crippen LogP contribution in [0.3, 0.4) is 0 Å². The zero-order valence-corrected chi connectivity index (χ0v) is 14.9. The molecule has 1 saturated carbocycles. The van der Waals surface area contributed by atoms with Gasteiger partial charge in [-0.25, -0.2) is 0 Å². The predicted octanol–water partition coefficient (Wildman–Crippen LogP) is 4.47. The molecule has 122 valence electrons. The molecular weight excluding hydrogens is 303 g/mol. The van der Waals surface area contributed by atoms with Crippen LogP contribution in [0, 0.1) is 0 Å². The number of hydrogen-bond acceptors (Lipinski definition) is 2. The minimum Gasteiger partial charge on any atom is -0.497 e. The van der Waals surface area contributed by atoms with Crippen molar-refractivity contribution in [2.24, 2.45) is 0 Å². The van der Waals surface area contributed by atoms with Gasteiger partial charge in [0.05, 0.1) is 14.2 Å². The Labute approximate surface area is 140 Å². The zero-order chi connectivity index (χ0) is 16.1. The van der Waals surface area contributed by atoms with Gasteiger partial charge in [-0.3, -0.25) is 0 Å². The minimum absolute atomic E-state index is 0.315. The molecule has 0 amide bonds. The van der Waals surface area contributed by atoms with Crippen LogP contribution in [0.1, 0.15) is 32.1 Å². The van der Waals surface area contributed by atoms with Crippen LogP contribution in [0.4, 0.5) is 0 Å². The summed E-state index contributed by atoms with van der Waals surface area (Å²) in [6.45, 7) is 0. The first-order valence-electron chi connectivity index (χ1n) is 8.39. The Morgan fingerprint density at radius 1 is 0.696 bits per heavy atom. The molecule has 0 unspecified atom stereocenters. The van der Waals surface area contributed by atoms with Crippen LogP contribution < -0.4 is 20.1 Å². The van der Waals surface area contributed by atoms with Crippen molar-refractivity contribution >= 4 is 18.5 Å². The molecule has 0 N–H and O–H groups in total. The molecule has 0 atom stereocenters. The lowest BCUT2D eigenvalue weighted by Gasteiger charge is -2.31. The number of methoxy groups -OCH3 is 2. The van der Waals surface area contributed by atoms with E-state index in [1.54, 1.807) is 14.2 Å². The molecule has 3 heteroatoms. The monoisotopic (exact) mass is 328 g/mol. The third kappa shape index (κ3) is 3.87. The summed E-state index contributed by atoms with van der Waals surface area (Å²) in [4.78, 5) is 0. The highest BCUT2D eigenvalue weighted by Gasteiger charge is 2.26. The molecule has 0 spiro atoms. The second-order valence-electron chi connectivity index (χ2n) is 6.06. The van der Waals surface area contributed by atoms with Gasteiger partial charge in [-0.05, 0) is 61.3 Å². The highest BCUT2D eigenvalue weighted by Crippen LogP contribution is 2.46. The molecule has 3 rings (SSSR count). The molecule has 2 aromatic rings. The summed E-state index contributed by atoms with van der Waals surface area (Å²) in [5.74, 6) is 1.86. The Morgan fingerprint density at radius 2 is 1.13 bits per heavy atom. The Morgan fingerprint density at radius 3 is 1.52 bits per heavy atom. The summed E-state index contributed by atoms with van der Waals surface area (Å²) in [6.07, 6.45) is 6.84. The molecule has 1 aliphatic carbocycles. The van der Waals surface area contributed by atoms with Gasteiger partial charge in [0.15, 0.2) is 0 Å². The zero-order valence-electron chi connectivity index (χ0n) is 14.0. The van der Waals surface area contributed by atoms with Gasteiger partial charge in [-0.1, -0.05) is 43.5 Å². The van der Waals surface area contributed by atoms with Crippen LogP contribution in [-0.4, -0.2) is 19.9 Å². The maximum absolute atomic E-state index is 5.32. The molecule has 1 fully saturated rings. The lowest BCUT2D eigenvalue weighted by atomic mass is 10.0. The molecule has 2 aromatic carbocycles. The van der Waals surface area contributed by atoms with Gasteiger partial charge in [0.25, 0.3) is 0 Å². The highest BCUT2D eigenvalue weighted by atomic mass is 31.1. The van der Waals surface area contributed by atoms with Crippen molar-refractivity contribution in [3.8, 4) is 11.5 Å². The third-order valence-electron chi connectivity index (χ3n) is 4.64. The fourth-order valence-corrected chi connectivity index (χ4v) is 6.36. The molecule has 23 heavy (non-hydrogen) atoms. The standard InChI is InChI=1S/C20H25O2P/c1-21-16-8-12-19(13-9-16)23(18-6-4-3-5-7-18)20-14-10-17(22-2)11-15-20/h8-15,18H,3-7H2,1-2H3. The van der Waals surface area contributed by atoms with E-state index in [0.29, 0.717) is 0 Å². The second kappa shape index (κ2) is 7.84. The number of hydrogen-bond donors (Lipinski definition) is 0. The fourth-order valence-electron chi connectivity index (χ4n) is 3.40. The van der Waals surface area contributed by atoms with E-state index in [1.807, 2.05) is 0 Å². The van der Waals surface area contributed by atoms with E-state index < -0.39 is 0 Å². The van der Waals surface area contributed by atoms with Crippen molar-refractivity contribution < 1.29 is 9.47 Å².